The fraction of sp³-hybridized carbons (Fsp3) is 0.483. The lowest BCUT2D eigenvalue weighted by atomic mass is 9.93. The number of aliphatic hydroxyl groups is 1. The van der Waals surface area contributed by atoms with Crippen molar-refractivity contribution in [3.8, 4) is 0 Å². The van der Waals surface area contributed by atoms with Gasteiger partial charge in [-0.3, -0.25) is 14.4 Å². The molecule has 37 heavy (non-hydrogen) atoms. The van der Waals surface area contributed by atoms with E-state index in [1.54, 1.807) is 11.9 Å². The average Bonchev–Trinajstić information content (AvgIpc) is 3.31. The molecule has 0 bridgehead atoms. The molecule has 0 saturated carbocycles. The number of carbonyl (C=O) groups is 3. The molecule has 1 unspecified atom stereocenters. The zero-order chi connectivity index (χ0) is 26.4. The Balaban J connectivity index is 1.58. The van der Waals surface area contributed by atoms with Crippen LogP contribution in [-0.2, 0) is 14.4 Å². The summed E-state index contributed by atoms with van der Waals surface area (Å²) in [6.07, 6.45) is 3.16. The van der Waals surface area contributed by atoms with E-state index in [0.717, 1.165) is 17.5 Å². The molecule has 198 valence electrons. The third-order valence-electron chi connectivity index (χ3n) is 7.83. The van der Waals surface area contributed by atoms with E-state index in [1.165, 1.54) is 0 Å². The van der Waals surface area contributed by atoms with Crippen LogP contribution in [0.25, 0.3) is 0 Å². The van der Waals surface area contributed by atoms with Crippen molar-refractivity contribution in [2.45, 2.75) is 69.2 Å². The van der Waals surface area contributed by atoms with Crippen LogP contribution < -0.4 is 16.0 Å². The van der Waals surface area contributed by atoms with Crippen LogP contribution in [0.15, 0.2) is 60.7 Å². The number of nitrogens with one attached hydrogen (secondary N) is 3. The van der Waals surface area contributed by atoms with Gasteiger partial charge in [0.15, 0.2) is 0 Å². The smallest absolute Gasteiger partial charge is 0.246 e. The number of likely N-dealkylation sites (N-methyl/N-ethyl adjacent to an activating group) is 1. The molecule has 0 aromatic heterocycles. The summed E-state index contributed by atoms with van der Waals surface area (Å²) in [5.74, 6) is -1.15. The number of amides is 3. The number of nitrogens with zero attached hydrogens (tertiary/aromatic N) is 1. The van der Waals surface area contributed by atoms with Gasteiger partial charge in [0.1, 0.15) is 12.1 Å². The molecule has 3 amide bonds. The average molecular weight is 507 g/mol. The largest absolute Gasteiger partial charge is 0.396 e. The number of rotatable bonds is 9. The molecule has 8 nitrogen and oxygen atoms in total. The summed E-state index contributed by atoms with van der Waals surface area (Å²) in [5, 5.41) is 19.1. The summed E-state index contributed by atoms with van der Waals surface area (Å²) in [7, 11) is 1.71. The van der Waals surface area contributed by atoms with E-state index >= 15 is 0 Å². The number of carbonyl (C=O) groups excluding carboxylic acids is 3. The van der Waals surface area contributed by atoms with E-state index in [9.17, 15) is 19.5 Å². The van der Waals surface area contributed by atoms with Gasteiger partial charge in [-0.15, -0.1) is 0 Å². The minimum absolute atomic E-state index is 0.0858. The Morgan fingerprint density at radius 2 is 1.57 bits per heavy atom. The highest BCUT2D eigenvalue weighted by atomic mass is 16.3. The second-order valence-corrected chi connectivity index (χ2v) is 10.0. The Labute approximate surface area is 218 Å². The lowest BCUT2D eigenvalue weighted by molar-refractivity contribution is -0.144. The monoisotopic (exact) mass is 506 g/mol. The van der Waals surface area contributed by atoms with Crippen LogP contribution in [0.4, 0.5) is 0 Å². The normalized spacial score (nSPS) is 24.3. The van der Waals surface area contributed by atoms with Gasteiger partial charge in [-0.25, -0.2) is 0 Å². The van der Waals surface area contributed by atoms with Gasteiger partial charge in [-0.05, 0) is 50.3 Å². The molecule has 2 fully saturated rings. The summed E-state index contributed by atoms with van der Waals surface area (Å²) >= 11 is 0. The van der Waals surface area contributed by atoms with E-state index in [2.05, 4.69) is 16.0 Å². The number of hydrogen-bond donors (Lipinski definition) is 4. The lowest BCUT2D eigenvalue weighted by Crippen LogP contribution is -2.58. The van der Waals surface area contributed by atoms with Crippen molar-refractivity contribution in [2.24, 2.45) is 5.92 Å². The van der Waals surface area contributed by atoms with E-state index < -0.39 is 18.1 Å². The van der Waals surface area contributed by atoms with Gasteiger partial charge in [0.25, 0.3) is 0 Å². The fourth-order valence-corrected chi connectivity index (χ4v) is 5.73. The van der Waals surface area contributed by atoms with Crippen LogP contribution in [0.2, 0.25) is 0 Å². The summed E-state index contributed by atoms with van der Waals surface area (Å²) in [6, 6.07) is 17.2. The summed E-state index contributed by atoms with van der Waals surface area (Å²) in [6.45, 7) is 1.69. The van der Waals surface area contributed by atoms with Crippen molar-refractivity contribution >= 4 is 17.7 Å². The van der Waals surface area contributed by atoms with Crippen molar-refractivity contribution in [3.05, 3.63) is 71.8 Å². The first-order valence-electron chi connectivity index (χ1n) is 13.3. The molecule has 0 aliphatic carbocycles. The molecule has 0 radical (unpaired) electrons. The number of aliphatic hydroxyl groups excluding tert-OH is 1. The molecule has 4 N–H and O–H groups in total. The molecule has 0 spiro atoms. The molecular weight excluding hydrogens is 468 g/mol. The quantitative estimate of drug-likeness (QED) is 0.417. The fourth-order valence-electron chi connectivity index (χ4n) is 5.73. The zero-order valence-corrected chi connectivity index (χ0v) is 21.6. The molecule has 2 aliphatic rings. The maximum Gasteiger partial charge on any atom is 0.246 e. The summed E-state index contributed by atoms with van der Waals surface area (Å²) in [4.78, 5) is 42.2. The van der Waals surface area contributed by atoms with Crippen molar-refractivity contribution < 1.29 is 19.5 Å². The lowest BCUT2D eigenvalue weighted by Gasteiger charge is -2.33. The Bertz CT molecular complexity index is 1020. The maximum absolute atomic E-state index is 13.9. The third-order valence-corrected chi connectivity index (χ3v) is 7.83. The van der Waals surface area contributed by atoms with Crippen molar-refractivity contribution in [1.29, 1.82) is 0 Å². The number of fused-ring (bicyclic) bond motifs is 1. The predicted octanol–water partition coefficient (Wildman–Crippen LogP) is 2.14. The summed E-state index contributed by atoms with van der Waals surface area (Å²) in [5.41, 5.74) is 1.92. The van der Waals surface area contributed by atoms with Crippen LogP contribution in [0, 0.1) is 5.92 Å². The van der Waals surface area contributed by atoms with E-state index in [4.69, 9.17) is 0 Å². The number of hydrogen-bond acceptors (Lipinski definition) is 5. The Morgan fingerprint density at radius 1 is 0.973 bits per heavy atom. The number of benzene rings is 2. The van der Waals surface area contributed by atoms with Crippen molar-refractivity contribution in [1.82, 2.24) is 20.9 Å². The van der Waals surface area contributed by atoms with Gasteiger partial charge < -0.3 is 26.0 Å². The Kier molecular flexibility index (Phi) is 8.95. The first-order chi connectivity index (χ1) is 18.0. The second-order valence-electron chi connectivity index (χ2n) is 10.0. The van der Waals surface area contributed by atoms with Gasteiger partial charge in [0.2, 0.25) is 17.7 Å². The van der Waals surface area contributed by atoms with Crippen LogP contribution in [-0.4, -0.2) is 65.5 Å². The van der Waals surface area contributed by atoms with E-state index in [0.29, 0.717) is 25.7 Å². The van der Waals surface area contributed by atoms with Crippen LogP contribution in [0.5, 0.6) is 0 Å². The molecule has 8 heteroatoms. The van der Waals surface area contributed by atoms with E-state index in [1.807, 2.05) is 67.6 Å². The second kappa shape index (κ2) is 12.3. The molecule has 2 heterocycles. The minimum atomic E-state index is -0.864. The van der Waals surface area contributed by atoms with Gasteiger partial charge in [-0.2, -0.15) is 0 Å². The van der Waals surface area contributed by atoms with Crippen LogP contribution in [0.1, 0.15) is 56.2 Å². The first-order valence-corrected chi connectivity index (χ1v) is 13.3. The highest BCUT2D eigenvalue weighted by Gasteiger charge is 2.47. The maximum atomic E-state index is 13.9. The van der Waals surface area contributed by atoms with Crippen molar-refractivity contribution in [2.75, 3.05) is 13.7 Å². The Hall–Kier alpha value is -3.23. The highest BCUT2D eigenvalue weighted by molar-refractivity contribution is 5.94. The standard InChI is InChI=1S/C29H38N4O4/c1-3-23(30-2)27(35)32-26-21(18-34)14-15-22-16-17-24(33(22)29(26)37)28(36)31-25(19-10-6-4-7-11-19)20-12-8-5-9-13-20/h4-13,21-26,30,34H,3,14-18H2,1-2H3,(H,31,36)(H,32,35)/t21-,22+,23+,24+,26?/m1/s1. The molecule has 2 aromatic rings. The molecule has 5 atom stereocenters. The molecule has 4 rings (SSSR count). The minimum Gasteiger partial charge on any atom is -0.396 e. The van der Waals surface area contributed by atoms with Gasteiger partial charge >= 0.3 is 0 Å². The zero-order valence-electron chi connectivity index (χ0n) is 21.6. The van der Waals surface area contributed by atoms with Gasteiger partial charge in [0.05, 0.1) is 12.1 Å². The molecule has 2 aromatic carbocycles. The van der Waals surface area contributed by atoms with E-state index in [-0.39, 0.29) is 42.3 Å². The topological polar surface area (TPSA) is 111 Å². The van der Waals surface area contributed by atoms with Crippen molar-refractivity contribution in [3.63, 3.8) is 0 Å². The van der Waals surface area contributed by atoms with Crippen LogP contribution >= 0.6 is 0 Å². The van der Waals surface area contributed by atoms with Gasteiger partial charge in [0, 0.05) is 18.6 Å². The molecule has 2 aliphatic heterocycles. The third kappa shape index (κ3) is 5.86. The Morgan fingerprint density at radius 3 is 2.11 bits per heavy atom. The van der Waals surface area contributed by atoms with Crippen LogP contribution in [0.3, 0.4) is 0 Å². The van der Waals surface area contributed by atoms with Gasteiger partial charge in [-0.1, -0.05) is 67.6 Å². The predicted molar refractivity (Wildman–Crippen MR) is 141 cm³/mol. The highest BCUT2D eigenvalue weighted by Crippen LogP contribution is 2.34. The molecular formula is C29H38N4O4. The summed E-state index contributed by atoms with van der Waals surface area (Å²) < 4.78 is 0. The molecule has 2 saturated heterocycles. The SMILES string of the molecule is CC[C@H](NC)C(=O)NC1C(=O)N2[C@@H](CC[C@@H]1CO)CC[C@H]2C(=O)NC(c1ccccc1)c1ccccc1. The first kappa shape index (κ1) is 26.8.